The van der Waals surface area contributed by atoms with Crippen LogP contribution in [0.1, 0.15) is 16.2 Å². The van der Waals surface area contributed by atoms with E-state index in [1.165, 1.54) is 7.11 Å². The molecule has 2 aromatic carbocycles. The van der Waals surface area contributed by atoms with E-state index < -0.39 is 5.97 Å². The molecule has 4 aromatic rings. The summed E-state index contributed by atoms with van der Waals surface area (Å²) in [6, 6.07) is 20.6. The average Bonchev–Trinajstić information content (AvgIpc) is 3.06. The van der Waals surface area contributed by atoms with Crippen molar-refractivity contribution in [1.29, 1.82) is 0 Å². The van der Waals surface area contributed by atoms with Gasteiger partial charge in [0.05, 0.1) is 29.9 Å². The third-order valence-corrected chi connectivity index (χ3v) is 4.86. The molecule has 0 spiro atoms. The number of carbonyl (C=O) groups is 1. The molecule has 4 rings (SSSR count). The molecule has 2 aromatic heterocycles. The fourth-order valence-corrected chi connectivity index (χ4v) is 3.40. The van der Waals surface area contributed by atoms with Crippen LogP contribution < -0.4 is 0 Å². The SMILES string of the molecule is COC(=O)c1cccc(Cn2c(-c3ccccc3)cc3cc(O)c(Cl)cc32)n1. The van der Waals surface area contributed by atoms with Gasteiger partial charge in [0.1, 0.15) is 11.4 Å². The van der Waals surface area contributed by atoms with Gasteiger partial charge < -0.3 is 14.4 Å². The molecule has 0 fully saturated rings. The number of halogens is 1. The minimum atomic E-state index is -0.476. The van der Waals surface area contributed by atoms with Gasteiger partial charge in [0.25, 0.3) is 0 Å². The monoisotopic (exact) mass is 392 g/mol. The largest absolute Gasteiger partial charge is 0.506 e. The molecule has 0 atom stereocenters. The van der Waals surface area contributed by atoms with E-state index in [1.54, 1.807) is 24.3 Å². The van der Waals surface area contributed by atoms with E-state index in [0.717, 1.165) is 22.2 Å². The molecule has 0 amide bonds. The van der Waals surface area contributed by atoms with Crippen LogP contribution in [0.5, 0.6) is 5.75 Å². The molecule has 0 unspecified atom stereocenters. The summed E-state index contributed by atoms with van der Waals surface area (Å²) in [5, 5.41) is 11.1. The highest BCUT2D eigenvalue weighted by molar-refractivity contribution is 6.32. The van der Waals surface area contributed by atoms with Crippen molar-refractivity contribution in [3.8, 4) is 17.0 Å². The first kappa shape index (κ1) is 18.1. The smallest absolute Gasteiger partial charge is 0.356 e. The molecule has 28 heavy (non-hydrogen) atoms. The Kier molecular flexibility index (Phi) is 4.75. The number of hydrogen-bond acceptors (Lipinski definition) is 4. The maximum atomic E-state index is 11.8. The maximum absolute atomic E-state index is 11.8. The number of benzene rings is 2. The summed E-state index contributed by atoms with van der Waals surface area (Å²) in [6.45, 7) is 0.430. The van der Waals surface area contributed by atoms with Crippen LogP contribution in [0, 0.1) is 0 Å². The van der Waals surface area contributed by atoms with Crippen molar-refractivity contribution in [2.45, 2.75) is 6.54 Å². The van der Waals surface area contributed by atoms with Crippen molar-refractivity contribution in [2.75, 3.05) is 7.11 Å². The van der Waals surface area contributed by atoms with Gasteiger partial charge in [0.2, 0.25) is 0 Å². The normalized spacial score (nSPS) is 10.9. The average molecular weight is 393 g/mol. The molecular formula is C22H17ClN2O3. The van der Waals surface area contributed by atoms with Gasteiger partial charge in [-0.25, -0.2) is 9.78 Å². The van der Waals surface area contributed by atoms with Crippen LogP contribution in [0.3, 0.4) is 0 Å². The molecule has 5 nitrogen and oxygen atoms in total. The summed E-state index contributed by atoms with van der Waals surface area (Å²) in [5.41, 5.74) is 3.82. The number of carbonyl (C=O) groups excluding carboxylic acids is 1. The predicted octanol–water partition coefficient (Wildman–Crippen LogP) is 4.90. The molecule has 0 aliphatic carbocycles. The third-order valence-electron chi connectivity index (χ3n) is 4.56. The number of methoxy groups -OCH3 is 1. The highest BCUT2D eigenvalue weighted by atomic mass is 35.5. The molecule has 6 heteroatoms. The zero-order valence-electron chi connectivity index (χ0n) is 15.1. The summed E-state index contributed by atoms with van der Waals surface area (Å²) >= 11 is 6.16. The number of phenolic OH excluding ortho intramolecular Hbond substituents is 1. The molecule has 0 radical (unpaired) electrons. The summed E-state index contributed by atoms with van der Waals surface area (Å²) in [7, 11) is 1.33. The molecule has 0 aliphatic heterocycles. The Morgan fingerprint density at radius 3 is 2.64 bits per heavy atom. The number of rotatable bonds is 4. The van der Waals surface area contributed by atoms with Gasteiger partial charge in [-0.3, -0.25) is 0 Å². The number of fused-ring (bicyclic) bond motifs is 1. The molecule has 1 N–H and O–H groups in total. The second-order valence-corrected chi connectivity index (χ2v) is 6.76. The number of esters is 1. The van der Waals surface area contributed by atoms with Gasteiger partial charge in [0.15, 0.2) is 0 Å². The van der Waals surface area contributed by atoms with Crippen molar-refractivity contribution in [3.05, 3.63) is 83.1 Å². The number of pyridine rings is 1. The van der Waals surface area contributed by atoms with Crippen molar-refractivity contribution >= 4 is 28.5 Å². The standard InChI is InChI=1S/C22H17ClN2O3/c1-28-22(27)18-9-5-8-16(24-18)13-25-19(14-6-3-2-4-7-14)10-15-11-21(26)17(23)12-20(15)25/h2-12,26H,13H2,1H3. The zero-order valence-corrected chi connectivity index (χ0v) is 15.8. The van der Waals surface area contributed by atoms with Gasteiger partial charge in [-0.1, -0.05) is 48.0 Å². The minimum absolute atomic E-state index is 0.0386. The van der Waals surface area contributed by atoms with E-state index in [9.17, 15) is 9.90 Å². The molecule has 140 valence electrons. The van der Waals surface area contributed by atoms with Crippen molar-refractivity contribution in [2.24, 2.45) is 0 Å². The fraction of sp³-hybridized carbons (Fsp3) is 0.0909. The molecule has 2 heterocycles. The fourth-order valence-electron chi connectivity index (χ4n) is 3.24. The highest BCUT2D eigenvalue weighted by Crippen LogP contribution is 2.34. The number of nitrogens with zero attached hydrogens (tertiary/aromatic N) is 2. The van der Waals surface area contributed by atoms with Crippen LogP contribution in [0.25, 0.3) is 22.2 Å². The van der Waals surface area contributed by atoms with Gasteiger partial charge in [-0.15, -0.1) is 0 Å². The van der Waals surface area contributed by atoms with Crippen LogP contribution in [-0.4, -0.2) is 27.7 Å². The van der Waals surface area contributed by atoms with Gasteiger partial charge in [-0.05, 0) is 35.9 Å². The van der Waals surface area contributed by atoms with Gasteiger partial charge in [-0.2, -0.15) is 0 Å². The summed E-state index contributed by atoms with van der Waals surface area (Å²) < 4.78 is 6.83. The van der Waals surface area contributed by atoms with Crippen LogP contribution in [0.2, 0.25) is 5.02 Å². The van der Waals surface area contributed by atoms with E-state index in [0.29, 0.717) is 12.2 Å². The lowest BCUT2D eigenvalue weighted by molar-refractivity contribution is 0.0593. The second-order valence-electron chi connectivity index (χ2n) is 6.35. The van der Waals surface area contributed by atoms with E-state index in [1.807, 2.05) is 42.5 Å². The number of ether oxygens (including phenoxy) is 1. The minimum Gasteiger partial charge on any atom is -0.506 e. The lowest BCUT2D eigenvalue weighted by atomic mass is 10.1. The van der Waals surface area contributed by atoms with E-state index in [-0.39, 0.29) is 16.5 Å². The first-order valence-corrected chi connectivity index (χ1v) is 9.06. The van der Waals surface area contributed by atoms with E-state index in [2.05, 4.69) is 9.55 Å². The number of hydrogen-bond donors (Lipinski definition) is 1. The first-order valence-electron chi connectivity index (χ1n) is 8.68. The molecule has 0 aliphatic rings. The van der Waals surface area contributed by atoms with Crippen molar-refractivity contribution in [3.63, 3.8) is 0 Å². The topological polar surface area (TPSA) is 64.3 Å². The number of aromatic nitrogens is 2. The van der Waals surface area contributed by atoms with Crippen LogP contribution in [0.15, 0.2) is 66.7 Å². The lowest BCUT2D eigenvalue weighted by Crippen LogP contribution is -2.09. The molecule has 0 saturated heterocycles. The Hall–Kier alpha value is -3.31. The van der Waals surface area contributed by atoms with Crippen LogP contribution in [-0.2, 0) is 11.3 Å². The Morgan fingerprint density at radius 1 is 1.11 bits per heavy atom. The van der Waals surface area contributed by atoms with Crippen molar-refractivity contribution < 1.29 is 14.6 Å². The number of aromatic hydroxyl groups is 1. The third kappa shape index (κ3) is 3.32. The quantitative estimate of drug-likeness (QED) is 0.502. The number of phenols is 1. The van der Waals surface area contributed by atoms with Gasteiger partial charge in [0, 0.05) is 11.1 Å². The van der Waals surface area contributed by atoms with Crippen molar-refractivity contribution in [1.82, 2.24) is 9.55 Å². The molecule has 0 bridgehead atoms. The lowest BCUT2D eigenvalue weighted by Gasteiger charge is -2.12. The predicted molar refractivity (Wildman–Crippen MR) is 109 cm³/mol. The van der Waals surface area contributed by atoms with E-state index >= 15 is 0 Å². The second kappa shape index (κ2) is 7.37. The van der Waals surface area contributed by atoms with Gasteiger partial charge >= 0.3 is 5.97 Å². The first-order chi connectivity index (χ1) is 13.6. The molecule has 0 saturated carbocycles. The Morgan fingerprint density at radius 2 is 1.89 bits per heavy atom. The summed E-state index contributed by atoms with van der Waals surface area (Å²) in [4.78, 5) is 16.2. The van der Waals surface area contributed by atoms with Crippen LogP contribution in [0.4, 0.5) is 0 Å². The zero-order chi connectivity index (χ0) is 19.7. The van der Waals surface area contributed by atoms with Crippen LogP contribution >= 0.6 is 11.6 Å². The summed E-state index contributed by atoms with van der Waals surface area (Å²) in [5.74, 6) is -0.438. The summed E-state index contributed by atoms with van der Waals surface area (Å²) in [6.07, 6.45) is 0. The molecular weight excluding hydrogens is 376 g/mol. The Balaban J connectivity index is 1.87. The highest BCUT2D eigenvalue weighted by Gasteiger charge is 2.15. The van der Waals surface area contributed by atoms with E-state index in [4.69, 9.17) is 16.3 Å². The Bertz CT molecular complexity index is 1170. The maximum Gasteiger partial charge on any atom is 0.356 e. The Labute approximate surface area is 166 Å².